The smallest absolute Gasteiger partial charge is 0.275 e. The van der Waals surface area contributed by atoms with Gasteiger partial charge in [-0.1, -0.05) is 18.2 Å². The number of ether oxygens (including phenoxy) is 1. The van der Waals surface area contributed by atoms with Gasteiger partial charge in [0.1, 0.15) is 17.3 Å². The topological polar surface area (TPSA) is 50.7 Å². The van der Waals surface area contributed by atoms with E-state index in [9.17, 15) is 4.79 Å². The van der Waals surface area contributed by atoms with Gasteiger partial charge in [0.15, 0.2) is 0 Å². The van der Waals surface area contributed by atoms with Crippen LogP contribution < -0.4 is 10.1 Å². The maximum Gasteiger partial charge on any atom is 0.275 e. The van der Waals surface area contributed by atoms with Gasteiger partial charge in [-0.15, -0.1) is 11.3 Å². The van der Waals surface area contributed by atoms with E-state index in [0.717, 1.165) is 22.9 Å². The molecule has 1 amide bonds. The van der Waals surface area contributed by atoms with Crippen LogP contribution in [-0.4, -0.2) is 18.9 Å². The van der Waals surface area contributed by atoms with Gasteiger partial charge in [-0.05, 0) is 41.6 Å². The van der Waals surface area contributed by atoms with Crippen LogP contribution in [0.4, 0.5) is 0 Å². The number of aryl methyl sites for hydroxylation is 1. The van der Waals surface area contributed by atoms with Crippen LogP contribution in [0, 0.1) is 0 Å². The van der Waals surface area contributed by atoms with Gasteiger partial charge in [-0.3, -0.25) is 4.79 Å². The molecule has 0 atom stereocenters. The Morgan fingerprint density at radius 1 is 1.23 bits per heavy atom. The second-order valence-electron chi connectivity index (χ2n) is 4.91. The monoisotopic (exact) mass is 312 g/mol. The standard InChI is InChI=1S/C17H16N2O2S/c1-21-13-7-4-12(5-8-13)6-9-16-18-15(17(20)19-16)11-14-3-2-10-22-14/h2-5,7-8,10-11H,6,9H2,1H3,(H,18,19,20)/b15-11+. The zero-order valence-electron chi connectivity index (χ0n) is 12.2. The maximum absolute atomic E-state index is 11.9. The van der Waals surface area contributed by atoms with E-state index >= 15 is 0 Å². The molecule has 1 N–H and O–H groups in total. The van der Waals surface area contributed by atoms with Crippen LogP contribution in [-0.2, 0) is 11.2 Å². The number of carbonyl (C=O) groups excluding carboxylic acids is 1. The largest absolute Gasteiger partial charge is 0.497 e. The molecule has 1 aliphatic heterocycles. The van der Waals surface area contributed by atoms with E-state index in [0.29, 0.717) is 12.1 Å². The molecule has 0 radical (unpaired) electrons. The Bertz CT molecular complexity index is 716. The van der Waals surface area contributed by atoms with E-state index in [4.69, 9.17) is 4.74 Å². The molecule has 5 heteroatoms. The third-order valence-corrected chi connectivity index (χ3v) is 4.20. The van der Waals surface area contributed by atoms with Crippen LogP contribution in [0.15, 0.2) is 52.5 Å². The van der Waals surface area contributed by atoms with E-state index in [-0.39, 0.29) is 5.91 Å². The van der Waals surface area contributed by atoms with Crippen molar-refractivity contribution in [3.05, 3.63) is 57.9 Å². The summed E-state index contributed by atoms with van der Waals surface area (Å²) >= 11 is 1.59. The number of rotatable bonds is 5. The minimum atomic E-state index is -0.127. The average Bonchev–Trinajstić information content (AvgIpc) is 3.17. The molecular weight excluding hydrogens is 296 g/mol. The summed E-state index contributed by atoms with van der Waals surface area (Å²) in [6.07, 6.45) is 3.36. The molecule has 2 heterocycles. The lowest BCUT2D eigenvalue weighted by Gasteiger charge is -2.03. The first kappa shape index (κ1) is 14.5. The van der Waals surface area contributed by atoms with Gasteiger partial charge in [-0.25, -0.2) is 4.99 Å². The molecule has 0 bridgehead atoms. The molecule has 112 valence electrons. The first-order valence-electron chi connectivity index (χ1n) is 7.01. The second-order valence-corrected chi connectivity index (χ2v) is 5.88. The Hall–Kier alpha value is -2.40. The zero-order chi connectivity index (χ0) is 15.4. The zero-order valence-corrected chi connectivity index (χ0v) is 13.0. The highest BCUT2D eigenvalue weighted by Crippen LogP contribution is 2.18. The first-order chi connectivity index (χ1) is 10.7. The third kappa shape index (κ3) is 3.43. The first-order valence-corrected chi connectivity index (χ1v) is 7.89. The molecule has 1 aliphatic rings. The van der Waals surface area contributed by atoms with Crippen molar-refractivity contribution in [2.75, 3.05) is 7.11 Å². The SMILES string of the molecule is COc1ccc(CCC2=N/C(=C/c3cccs3)C(=O)N2)cc1. The molecule has 0 unspecified atom stereocenters. The highest BCUT2D eigenvalue weighted by atomic mass is 32.1. The van der Waals surface area contributed by atoms with Gasteiger partial charge in [0.05, 0.1) is 7.11 Å². The quantitative estimate of drug-likeness (QED) is 0.862. The van der Waals surface area contributed by atoms with Crippen LogP contribution in [0.25, 0.3) is 6.08 Å². The fraction of sp³-hybridized carbons (Fsp3) is 0.176. The Labute approximate surface area is 133 Å². The predicted octanol–water partition coefficient (Wildman–Crippen LogP) is 3.26. The Morgan fingerprint density at radius 2 is 2.05 bits per heavy atom. The summed E-state index contributed by atoms with van der Waals surface area (Å²) in [7, 11) is 1.65. The number of nitrogens with zero attached hydrogens (tertiary/aromatic N) is 1. The van der Waals surface area contributed by atoms with Crippen LogP contribution >= 0.6 is 11.3 Å². The molecule has 0 spiro atoms. The summed E-state index contributed by atoms with van der Waals surface area (Å²) in [5, 5.41) is 4.81. The number of methoxy groups -OCH3 is 1. The lowest BCUT2D eigenvalue weighted by Crippen LogP contribution is -2.24. The summed E-state index contributed by atoms with van der Waals surface area (Å²) in [6, 6.07) is 11.9. The predicted molar refractivity (Wildman–Crippen MR) is 89.2 cm³/mol. The summed E-state index contributed by atoms with van der Waals surface area (Å²) in [6.45, 7) is 0. The molecule has 1 aromatic heterocycles. The van der Waals surface area contributed by atoms with Crippen molar-refractivity contribution in [3.8, 4) is 5.75 Å². The normalized spacial score (nSPS) is 15.8. The summed E-state index contributed by atoms with van der Waals surface area (Å²) in [4.78, 5) is 17.3. The number of hydrogen-bond acceptors (Lipinski definition) is 4. The molecule has 0 saturated carbocycles. The van der Waals surface area contributed by atoms with Crippen LogP contribution in [0.2, 0.25) is 0 Å². The molecule has 3 rings (SSSR count). The van der Waals surface area contributed by atoms with Crippen molar-refractivity contribution in [2.45, 2.75) is 12.8 Å². The van der Waals surface area contributed by atoms with E-state index in [2.05, 4.69) is 10.3 Å². The number of amidine groups is 1. The van der Waals surface area contributed by atoms with E-state index in [1.165, 1.54) is 5.56 Å². The van der Waals surface area contributed by atoms with Gasteiger partial charge in [0.2, 0.25) is 0 Å². The minimum absolute atomic E-state index is 0.127. The number of aliphatic imine (C=N–C) groups is 1. The molecule has 0 saturated heterocycles. The average molecular weight is 312 g/mol. The lowest BCUT2D eigenvalue weighted by molar-refractivity contribution is -0.115. The maximum atomic E-state index is 11.9. The Morgan fingerprint density at radius 3 is 2.73 bits per heavy atom. The van der Waals surface area contributed by atoms with E-state index in [1.54, 1.807) is 18.4 Å². The molecule has 2 aromatic rings. The Kier molecular flexibility index (Phi) is 4.34. The molecular formula is C17H16N2O2S. The van der Waals surface area contributed by atoms with Gasteiger partial charge in [0.25, 0.3) is 5.91 Å². The number of nitrogens with one attached hydrogen (secondary N) is 1. The van der Waals surface area contributed by atoms with Crippen molar-refractivity contribution < 1.29 is 9.53 Å². The van der Waals surface area contributed by atoms with Crippen LogP contribution in [0.1, 0.15) is 16.9 Å². The van der Waals surface area contributed by atoms with Gasteiger partial charge < -0.3 is 10.1 Å². The van der Waals surface area contributed by atoms with Gasteiger partial charge in [0, 0.05) is 11.3 Å². The van der Waals surface area contributed by atoms with Crippen molar-refractivity contribution in [1.82, 2.24) is 5.32 Å². The van der Waals surface area contributed by atoms with Gasteiger partial charge in [-0.2, -0.15) is 0 Å². The van der Waals surface area contributed by atoms with Gasteiger partial charge >= 0.3 is 0 Å². The molecule has 0 aliphatic carbocycles. The summed E-state index contributed by atoms with van der Waals surface area (Å²) in [5.74, 6) is 1.44. The number of thiophene rings is 1. The van der Waals surface area contributed by atoms with Crippen molar-refractivity contribution in [2.24, 2.45) is 4.99 Å². The van der Waals surface area contributed by atoms with E-state index in [1.807, 2.05) is 47.9 Å². The van der Waals surface area contributed by atoms with Crippen molar-refractivity contribution in [1.29, 1.82) is 0 Å². The lowest BCUT2D eigenvalue weighted by atomic mass is 10.1. The van der Waals surface area contributed by atoms with E-state index < -0.39 is 0 Å². The number of amides is 1. The molecule has 1 aromatic carbocycles. The summed E-state index contributed by atoms with van der Waals surface area (Å²) < 4.78 is 5.14. The van der Waals surface area contributed by atoms with Crippen LogP contribution in [0.5, 0.6) is 5.75 Å². The minimum Gasteiger partial charge on any atom is -0.497 e. The number of carbonyl (C=O) groups is 1. The highest BCUT2D eigenvalue weighted by molar-refractivity contribution is 7.10. The third-order valence-electron chi connectivity index (χ3n) is 3.38. The second kappa shape index (κ2) is 6.58. The Balaban J connectivity index is 1.64. The molecule has 4 nitrogen and oxygen atoms in total. The number of hydrogen-bond donors (Lipinski definition) is 1. The fourth-order valence-electron chi connectivity index (χ4n) is 2.20. The van der Waals surface area contributed by atoms with Crippen molar-refractivity contribution in [3.63, 3.8) is 0 Å². The molecule has 0 fully saturated rings. The summed E-state index contributed by atoms with van der Waals surface area (Å²) in [5.41, 5.74) is 1.67. The highest BCUT2D eigenvalue weighted by Gasteiger charge is 2.19. The number of benzene rings is 1. The van der Waals surface area contributed by atoms with Crippen LogP contribution in [0.3, 0.4) is 0 Å². The fourth-order valence-corrected chi connectivity index (χ4v) is 2.85. The molecule has 22 heavy (non-hydrogen) atoms. The van der Waals surface area contributed by atoms with Crippen molar-refractivity contribution >= 4 is 29.2 Å².